The summed E-state index contributed by atoms with van der Waals surface area (Å²) >= 11 is 0. The molecule has 1 aliphatic rings. The molecule has 1 saturated carbocycles. The first kappa shape index (κ1) is 9.21. The Labute approximate surface area is 82.4 Å². The molecule has 0 bridgehead atoms. The van der Waals surface area contributed by atoms with Crippen molar-refractivity contribution in [3.8, 4) is 0 Å². The highest BCUT2D eigenvalue weighted by Gasteiger charge is 2.27. The zero-order valence-electron chi connectivity index (χ0n) is 8.07. The van der Waals surface area contributed by atoms with E-state index in [0.29, 0.717) is 6.04 Å². The van der Waals surface area contributed by atoms with Gasteiger partial charge in [-0.05, 0) is 19.8 Å². The number of aromatic nitrogens is 2. The van der Waals surface area contributed by atoms with Gasteiger partial charge in [0.05, 0.1) is 6.10 Å². The van der Waals surface area contributed by atoms with Crippen molar-refractivity contribution in [1.82, 2.24) is 9.97 Å². The van der Waals surface area contributed by atoms with Crippen LogP contribution in [-0.2, 0) is 0 Å². The van der Waals surface area contributed by atoms with E-state index in [1.54, 1.807) is 6.20 Å². The van der Waals surface area contributed by atoms with Crippen LogP contribution < -0.4 is 11.1 Å². The third-order valence-electron chi connectivity index (χ3n) is 2.44. The topological polar surface area (TPSA) is 84.1 Å². The minimum atomic E-state index is -0.160. The van der Waals surface area contributed by atoms with E-state index in [4.69, 9.17) is 10.8 Å². The summed E-state index contributed by atoms with van der Waals surface area (Å²) in [6, 6.07) is 0.318. The van der Waals surface area contributed by atoms with E-state index >= 15 is 0 Å². The second kappa shape index (κ2) is 3.42. The van der Waals surface area contributed by atoms with Gasteiger partial charge in [0.1, 0.15) is 5.82 Å². The summed E-state index contributed by atoms with van der Waals surface area (Å²) in [7, 11) is 0. The maximum absolute atomic E-state index is 9.12. The van der Waals surface area contributed by atoms with E-state index in [1.807, 2.05) is 6.92 Å². The van der Waals surface area contributed by atoms with Crippen molar-refractivity contribution in [2.75, 3.05) is 11.1 Å². The molecule has 2 rings (SSSR count). The minimum absolute atomic E-state index is 0.160. The third kappa shape index (κ3) is 1.77. The number of aryl methyl sites for hydroxylation is 1. The molecule has 1 aliphatic carbocycles. The van der Waals surface area contributed by atoms with E-state index in [9.17, 15) is 0 Å². The molecule has 0 spiro atoms. The predicted molar refractivity (Wildman–Crippen MR) is 53.8 cm³/mol. The number of nitrogens with two attached hydrogens (primary N) is 1. The normalized spacial score (nSPS) is 25.6. The van der Waals surface area contributed by atoms with E-state index in [-0.39, 0.29) is 12.1 Å². The van der Waals surface area contributed by atoms with Crippen LogP contribution in [0.2, 0.25) is 0 Å². The Morgan fingerprint density at radius 2 is 2.29 bits per heavy atom. The summed E-state index contributed by atoms with van der Waals surface area (Å²) in [6.07, 6.45) is 3.10. The van der Waals surface area contributed by atoms with Gasteiger partial charge in [-0.1, -0.05) is 0 Å². The second-order valence-electron chi connectivity index (χ2n) is 3.73. The number of nitrogen functional groups attached to an aromatic ring is 1. The maximum Gasteiger partial charge on any atom is 0.221 e. The summed E-state index contributed by atoms with van der Waals surface area (Å²) in [5.74, 6) is 1.05. The zero-order valence-corrected chi connectivity index (χ0v) is 8.07. The maximum atomic E-state index is 9.12. The Balaban J connectivity index is 2.05. The fourth-order valence-corrected chi connectivity index (χ4v) is 1.50. The number of nitrogens with one attached hydrogen (secondary N) is 1. The summed E-state index contributed by atoms with van der Waals surface area (Å²) in [5, 5.41) is 12.3. The van der Waals surface area contributed by atoms with Crippen LogP contribution in [0.1, 0.15) is 18.4 Å². The van der Waals surface area contributed by atoms with E-state index in [0.717, 1.165) is 24.2 Å². The average Bonchev–Trinajstić information content (AvgIpc) is 2.09. The molecular weight excluding hydrogens is 180 g/mol. The van der Waals surface area contributed by atoms with Gasteiger partial charge in [0, 0.05) is 17.8 Å². The van der Waals surface area contributed by atoms with Crippen molar-refractivity contribution in [3.05, 3.63) is 11.8 Å². The van der Waals surface area contributed by atoms with Crippen LogP contribution in [-0.4, -0.2) is 27.2 Å². The number of aliphatic hydroxyl groups excluding tert-OH is 1. The van der Waals surface area contributed by atoms with Gasteiger partial charge in [-0.2, -0.15) is 4.98 Å². The van der Waals surface area contributed by atoms with Crippen LogP contribution in [0, 0.1) is 6.92 Å². The van der Waals surface area contributed by atoms with Gasteiger partial charge in [-0.25, -0.2) is 4.98 Å². The molecule has 0 atom stereocenters. The molecule has 0 saturated heterocycles. The highest BCUT2D eigenvalue weighted by atomic mass is 16.3. The van der Waals surface area contributed by atoms with Gasteiger partial charge < -0.3 is 16.2 Å². The molecule has 1 aromatic heterocycles. The minimum Gasteiger partial charge on any atom is -0.393 e. The van der Waals surface area contributed by atoms with E-state index in [1.165, 1.54) is 0 Å². The van der Waals surface area contributed by atoms with Gasteiger partial charge in [0.2, 0.25) is 5.95 Å². The lowest BCUT2D eigenvalue weighted by Crippen LogP contribution is -2.39. The van der Waals surface area contributed by atoms with Crippen LogP contribution in [0.25, 0.3) is 0 Å². The smallest absolute Gasteiger partial charge is 0.221 e. The highest BCUT2D eigenvalue weighted by Crippen LogP contribution is 2.24. The Morgan fingerprint density at radius 3 is 2.93 bits per heavy atom. The fraction of sp³-hybridized carbons (Fsp3) is 0.556. The lowest BCUT2D eigenvalue weighted by Gasteiger charge is -2.32. The molecule has 0 aromatic carbocycles. The summed E-state index contributed by atoms with van der Waals surface area (Å²) in [4.78, 5) is 7.98. The molecule has 5 nitrogen and oxygen atoms in total. The van der Waals surface area contributed by atoms with Crippen molar-refractivity contribution >= 4 is 11.8 Å². The number of hydrogen-bond acceptors (Lipinski definition) is 5. The van der Waals surface area contributed by atoms with Crippen molar-refractivity contribution < 1.29 is 5.11 Å². The number of anilines is 2. The Bertz CT molecular complexity index is 336. The van der Waals surface area contributed by atoms with Gasteiger partial charge in [-0.3, -0.25) is 0 Å². The van der Waals surface area contributed by atoms with Crippen LogP contribution in [0.3, 0.4) is 0 Å². The number of rotatable bonds is 2. The van der Waals surface area contributed by atoms with Crippen LogP contribution in [0.15, 0.2) is 6.20 Å². The van der Waals surface area contributed by atoms with E-state index < -0.39 is 0 Å². The first-order valence-electron chi connectivity index (χ1n) is 4.69. The SMILES string of the molecule is Cc1cnc(N)nc1NC1CC(O)C1. The third-order valence-corrected chi connectivity index (χ3v) is 2.44. The summed E-state index contributed by atoms with van der Waals surface area (Å²) in [6.45, 7) is 1.93. The van der Waals surface area contributed by atoms with Crippen LogP contribution in [0.5, 0.6) is 0 Å². The summed E-state index contributed by atoms with van der Waals surface area (Å²) in [5.41, 5.74) is 6.45. The molecule has 0 amide bonds. The van der Waals surface area contributed by atoms with Crippen molar-refractivity contribution in [2.24, 2.45) is 0 Å². The molecule has 1 fully saturated rings. The van der Waals surface area contributed by atoms with Gasteiger partial charge in [-0.15, -0.1) is 0 Å². The monoisotopic (exact) mass is 194 g/mol. The summed E-state index contributed by atoms with van der Waals surface area (Å²) < 4.78 is 0. The molecule has 5 heteroatoms. The molecule has 76 valence electrons. The van der Waals surface area contributed by atoms with Crippen molar-refractivity contribution in [2.45, 2.75) is 31.9 Å². The first-order valence-corrected chi connectivity index (χ1v) is 4.69. The molecule has 1 heterocycles. The van der Waals surface area contributed by atoms with Crippen molar-refractivity contribution in [3.63, 3.8) is 0 Å². The highest BCUT2D eigenvalue weighted by molar-refractivity contribution is 5.46. The van der Waals surface area contributed by atoms with E-state index in [2.05, 4.69) is 15.3 Å². The number of aliphatic hydroxyl groups is 1. The van der Waals surface area contributed by atoms with Gasteiger partial charge in [0.15, 0.2) is 0 Å². The van der Waals surface area contributed by atoms with Crippen LogP contribution in [0.4, 0.5) is 11.8 Å². The predicted octanol–water partition coefficient (Wildman–Crippen LogP) is 0.302. The largest absolute Gasteiger partial charge is 0.393 e. The lowest BCUT2D eigenvalue weighted by atomic mass is 9.89. The number of hydrogen-bond donors (Lipinski definition) is 3. The second-order valence-corrected chi connectivity index (χ2v) is 3.73. The first-order chi connectivity index (χ1) is 6.65. The molecule has 4 N–H and O–H groups in total. The standard InChI is InChI=1S/C9H14N4O/c1-5-4-11-9(10)13-8(5)12-6-2-7(14)3-6/h4,6-7,14H,2-3H2,1H3,(H3,10,11,12,13). The quantitative estimate of drug-likeness (QED) is 0.630. The molecule has 0 aliphatic heterocycles. The Morgan fingerprint density at radius 1 is 1.57 bits per heavy atom. The average molecular weight is 194 g/mol. The Kier molecular flexibility index (Phi) is 2.25. The van der Waals surface area contributed by atoms with Gasteiger partial charge in [0.25, 0.3) is 0 Å². The zero-order chi connectivity index (χ0) is 10.1. The number of nitrogens with zero attached hydrogens (tertiary/aromatic N) is 2. The molecule has 0 unspecified atom stereocenters. The lowest BCUT2D eigenvalue weighted by molar-refractivity contribution is 0.0835. The Hall–Kier alpha value is -1.36. The molecule has 0 radical (unpaired) electrons. The molecule has 1 aromatic rings. The van der Waals surface area contributed by atoms with Crippen molar-refractivity contribution in [1.29, 1.82) is 0 Å². The van der Waals surface area contributed by atoms with Gasteiger partial charge >= 0.3 is 0 Å². The van der Waals surface area contributed by atoms with Crippen LogP contribution >= 0.6 is 0 Å². The molecular formula is C9H14N4O. The molecule has 14 heavy (non-hydrogen) atoms. The fourth-order valence-electron chi connectivity index (χ4n) is 1.50.